The van der Waals surface area contributed by atoms with Crippen LogP contribution in [-0.4, -0.2) is 21.0 Å². The molecule has 0 radical (unpaired) electrons. The highest BCUT2D eigenvalue weighted by atomic mass is 16.4. The van der Waals surface area contributed by atoms with Gasteiger partial charge in [0.15, 0.2) is 0 Å². The van der Waals surface area contributed by atoms with Crippen molar-refractivity contribution >= 4 is 5.97 Å². The van der Waals surface area contributed by atoms with E-state index in [9.17, 15) is 4.79 Å². The topological polar surface area (TPSA) is 66.0 Å². The van der Waals surface area contributed by atoms with Gasteiger partial charge in [0.05, 0.1) is 6.42 Å². The van der Waals surface area contributed by atoms with Crippen LogP contribution in [0.15, 0.2) is 36.5 Å². The number of imidazole rings is 1. The first-order valence-electron chi connectivity index (χ1n) is 5.52. The fourth-order valence-electron chi connectivity index (χ4n) is 1.66. The first-order chi connectivity index (χ1) is 8.24. The average molecular weight is 230 g/mol. The number of benzene rings is 1. The van der Waals surface area contributed by atoms with Gasteiger partial charge in [-0.2, -0.15) is 0 Å². The van der Waals surface area contributed by atoms with Gasteiger partial charge < -0.3 is 10.1 Å². The molecule has 0 aliphatic rings. The number of aromatic nitrogens is 2. The summed E-state index contributed by atoms with van der Waals surface area (Å²) in [6, 6.07) is 10.1. The molecule has 1 heterocycles. The number of carboxylic acid groups (broad SMARTS) is 1. The molecule has 2 rings (SSSR count). The van der Waals surface area contributed by atoms with Gasteiger partial charge in [0.25, 0.3) is 0 Å². The lowest BCUT2D eigenvalue weighted by Crippen LogP contribution is -1.99. The Hall–Kier alpha value is -2.10. The third-order valence-electron chi connectivity index (χ3n) is 2.49. The zero-order valence-electron chi connectivity index (χ0n) is 9.39. The van der Waals surface area contributed by atoms with Crippen LogP contribution < -0.4 is 0 Å². The summed E-state index contributed by atoms with van der Waals surface area (Å²) in [5.41, 5.74) is 2.22. The minimum atomic E-state index is -0.800. The maximum atomic E-state index is 10.4. The molecule has 17 heavy (non-hydrogen) atoms. The minimum Gasteiger partial charge on any atom is -0.481 e. The molecule has 88 valence electrons. The van der Waals surface area contributed by atoms with Crippen molar-refractivity contribution in [3.63, 3.8) is 0 Å². The van der Waals surface area contributed by atoms with Crippen LogP contribution in [0.3, 0.4) is 0 Å². The summed E-state index contributed by atoms with van der Waals surface area (Å²) in [4.78, 5) is 17.7. The molecule has 2 N–H and O–H groups in total. The number of carboxylic acids is 1. The molecule has 1 aromatic heterocycles. The summed E-state index contributed by atoms with van der Waals surface area (Å²) in [6.45, 7) is 0. The Morgan fingerprint density at radius 2 is 2.06 bits per heavy atom. The van der Waals surface area contributed by atoms with Gasteiger partial charge in [-0.15, -0.1) is 0 Å². The van der Waals surface area contributed by atoms with Gasteiger partial charge in [-0.05, 0) is 5.56 Å². The number of hydrogen-bond donors (Lipinski definition) is 2. The smallest absolute Gasteiger partial charge is 0.303 e. The van der Waals surface area contributed by atoms with Crippen molar-refractivity contribution in [3.05, 3.63) is 53.6 Å². The van der Waals surface area contributed by atoms with Gasteiger partial charge in [-0.3, -0.25) is 4.79 Å². The maximum Gasteiger partial charge on any atom is 0.303 e. The third kappa shape index (κ3) is 3.45. The molecule has 0 bridgehead atoms. The van der Waals surface area contributed by atoms with E-state index in [1.54, 1.807) is 6.20 Å². The molecule has 0 unspecified atom stereocenters. The monoisotopic (exact) mass is 230 g/mol. The lowest BCUT2D eigenvalue weighted by molar-refractivity contribution is -0.137. The highest BCUT2D eigenvalue weighted by Gasteiger charge is 2.04. The van der Waals surface area contributed by atoms with Gasteiger partial charge in [0.2, 0.25) is 0 Å². The lowest BCUT2D eigenvalue weighted by Gasteiger charge is -1.97. The zero-order valence-corrected chi connectivity index (χ0v) is 9.39. The molecule has 0 fully saturated rings. The van der Waals surface area contributed by atoms with Crippen LogP contribution in [0, 0.1) is 0 Å². The predicted octanol–water partition coefficient (Wildman–Crippen LogP) is 2.02. The number of rotatable bonds is 5. The Morgan fingerprint density at radius 3 is 2.76 bits per heavy atom. The van der Waals surface area contributed by atoms with Crippen LogP contribution in [0.5, 0.6) is 0 Å². The quantitative estimate of drug-likeness (QED) is 0.825. The van der Waals surface area contributed by atoms with Gasteiger partial charge in [0, 0.05) is 24.7 Å². The van der Waals surface area contributed by atoms with Crippen molar-refractivity contribution in [1.82, 2.24) is 9.97 Å². The molecule has 4 nitrogen and oxygen atoms in total. The van der Waals surface area contributed by atoms with Crippen LogP contribution in [0.4, 0.5) is 0 Å². The Kier molecular flexibility index (Phi) is 3.55. The molecule has 0 atom stereocenters. The largest absolute Gasteiger partial charge is 0.481 e. The second-order valence-electron chi connectivity index (χ2n) is 3.91. The van der Waals surface area contributed by atoms with E-state index in [2.05, 4.69) is 22.1 Å². The highest BCUT2D eigenvalue weighted by Crippen LogP contribution is 2.08. The molecule has 1 aromatic carbocycles. The van der Waals surface area contributed by atoms with Crippen molar-refractivity contribution in [2.75, 3.05) is 0 Å². The number of aliphatic carboxylic acids is 1. The number of H-pyrrole nitrogens is 1. The first kappa shape index (κ1) is 11.4. The van der Waals surface area contributed by atoms with E-state index in [4.69, 9.17) is 5.11 Å². The number of carbonyl (C=O) groups is 1. The average Bonchev–Trinajstić information content (AvgIpc) is 2.75. The lowest BCUT2D eigenvalue weighted by atomic mass is 10.1. The van der Waals surface area contributed by atoms with E-state index < -0.39 is 5.97 Å². The van der Waals surface area contributed by atoms with Crippen molar-refractivity contribution < 1.29 is 9.90 Å². The summed E-state index contributed by atoms with van der Waals surface area (Å²) in [5.74, 6) is -0.0654. The molecule has 2 aromatic rings. The summed E-state index contributed by atoms with van der Waals surface area (Å²) < 4.78 is 0. The second-order valence-corrected chi connectivity index (χ2v) is 3.91. The van der Waals surface area contributed by atoms with E-state index in [1.165, 1.54) is 5.56 Å². The Labute approximate surface area is 99.3 Å². The van der Waals surface area contributed by atoms with E-state index in [0.29, 0.717) is 6.42 Å². The van der Waals surface area contributed by atoms with Gasteiger partial charge >= 0.3 is 5.97 Å². The molecule has 0 saturated carbocycles. The van der Waals surface area contributed by atoms with Crippen molar-refractivity contribution in [1.29, 1.82) is 0 Å². The molecule has 0 spiro atoms. The van der Waals surface area contributed by atoms with Crippen molar-refractivity contribution in [2.24, 2.45) is 0 Å². The standard InChI is InChI=1S/C13H14N2O2/c16-13(17)7-6-12-14-9-11(15-12)8-10-4-2-1-3-5-10/h1-5,9H,6-8H2,(H,14,15)(H,16,17). The highest BCUT2D eigenvalue weighted by molar-refractivity contribution is 5.66. The number of hydrogen-bond acceptors (Lipinski definition) is 2. The van der Waals surface area contributed by atoms with E-state index >= 15 is 0 Å². The Balaban J connectivity index is 1.97. The second kappa shape index (κ2) is 5.30. The predicted molar refractivity (Wildman–Crippen MR) is 63.8 cm³/mol. The van der Waals surface area contributed by atoms with Crippen LogP contribution in [0.25, 0.3) is 0 Å². The molecule has 0 aliphatic heterocycles. The van der Waals surface area contributed by atoms with E-state index in [1.807, 2.05) is 18.2 Å². The normalized spacial score (nSPS) is 10.4. The zero-order chi connectivity index (χ0) is 12.1. The SMILES string of the molecule is O=C(O)CCc1ncc(Cc2ccccc2)[nH]1. The molecule has 4 heteroatoms. The van der Waals surface area contributed by atoms with E-state index in [0.717, 1.165) is 17.9 Å². The molecular weight excluding hydrogens is 216 g/mol. The third-order valence-corrected chi connectivity index (χ3v) is 2.49. The molecule has 0 amide bonds. The van der Waals surface area contributed by atoms with Crippen molar-refractivity contribution in [2.45, 2.75) is 19.3 Å². The van der Waals surface area contributed by atoms with Gasteiger partial charge in [-0.25, -0.2) is 4.98 Å². The Morgan fingerprint density at radius 1 is 1.29 bits per heavy atom. The summed E-state index contributed by atoms with van der Waals surface area (Å²) >= 11 is 0. The Bertz CT molecular complexity index is 491. The van der Waals surface area contributed by atoms with Crippen LogP contribution >= 0.6 is 0 Å². The van der Waals surface area contributed by atoms with E-state index in [-0.39, 0.29) is 6.42 Å². The van der Waals surface area contributed by atoms with Crippen LogP contribution in [0.1, 0.15) is 23.5 Å². The fraction of sp³-hybridized carbons (Fsp3) is 0.231. The molecular formula is C13H14N2O2. The molecule has 0 aliphatic carbocycles. The maximum absolute atomic E-state index is 10.4. The first-order valence-corrected chi connectivity index (χ1v) is 5.52. The summed E-state index contributed by atoms with van der Waals surface area (Å²) in [7, 11) is 0. The fourth-order valence-corrected chi connectivity index (χ4v) is 1.66. The summed E-state index contributed by atoms with van der Waals surface area (Å²) in [5, 5.41) is 8.58. The molecule has 0 saturated heterocycles. The van der Waals surface area contributed by atoms with Crippen LogP contribution in [0.2, 0.25) is 0 Å². The number of nitrogens with one attached hydrogen (secondary N) is 1. The van der Waals surface area contributed by atoms with Gasteiger partial charge in [-0.1, -0.05) is 30.3 Å². The summed E-state index contributed by atoms with van der Waals surface area (Å²) in [6.07, 6.45) is 3.12. The number of nitrogens with zero attached hydrogens (tertiary/aromatic N) is 1. The number of aryl methyl sites for hydroxylation is 1. The number of aromatic amines is 1. The van der Waals surface area contributed by atoms with Crippen LogP contribution in [-0.2, 0) is 17.6 Å². The minimum absolute atomic E-state index is 0.109. The van der Waals surface area contributed by atoms with Gasteiger partial charge in [0.1, 0.15) is 5.82 Å². The van der Waals surface area contributed by atoms with Crippen molar-refractivity contribution in [3.8, 4) is 0 Å².